The van der Waals surface area contributed by atoms with Gasteiger partial charge in [0.05, 0.1) is 5.56 Å². The number of benzene rings is 2. The Balaban J connectivity index is 1.94. The van der Waals surface area contributed by atoms with Crippen LogP contribution >= 0.6 is 0 Å². The van der Waals surface area contributed by atoms with Crippen LogP contribution < -0.4 is 0 Å². The monoisotopic (exact) mass is 333 g/mol. The van der Waals surface area contributed by atoms with E-state index in [9.17, 15) is 4.79 Å². The van der Waals surface area contributed by atoms with Crippen LogP contribution in [-0.4, -0.2) is 10.4 Å². The van der Waals surface area contributed by atoms with Crippen molar-refractivity contribution in [3.05, 3.63) is 71.4 Å². The van der Waals surface area contributed by atoms with Gasteiger partial charge in [-0.3, -0.25) is 4.79 Å². The van der Waals surface area contributed by atoms with Crippen molar-refractivity contribution < 1.29 is 4.79 Å². The highest BCUT2D eigenvalue weighted by Crippen LogP contribution is 2.28. The first kappa shape index (κ1) is 17.5. The predicted molar refractivity (Wildman–Crippen MR) is 105 cm³/mol. The van der Waals surface area contributed by atoms with Crippen LogP contribution in [0, 0.1) is 6.92 Å². The van der Waals surface area contributed by atoms with Crippen LogP contribution in [0.25, 0.3) is 10.9 Å². The molecular weight excluding hydrogens is 306 g/mol. The molecule has 0 unspecified atom stereocenters. The van der Waals surface area contributed by atoms with Crippen LogP contribution in [0.2, 0.25) is 0 Å². The van der Waals surface area contributed by atoms with E-state index in [1.807, 2.05) is 36.4 Å². The van der Waals surface area contributed by atoms with E-state index in [4.69, 9.17) is 0 Å². The fraction of sp³-hybridized carbons (Fsp3) is 0.348. The summed E-state index contributed by atoms with van der Waals surface area (Å²) in [5, 5.41) is 1.07. The molecule has 1 heterocycles. The fourth-order valence-corrected chi connectivity index (χ4v) is 3.61. The molecule has 2 aromatic carbocycles. The summed E-state index contributed by atoms with van der Waals surface area (Å²) in [5.74, 6) is 0.124. The molecule has 0 amide bonds. The second kappa shape index (κ2) is 8.15. The van der Waals surface area contributed by atoms with Crippen LogP contribution in [0.4, 0.5) is 0 Å². The molecule has 3 aromatic rings. The summed E-state index contributed by atoms with van der Waals surface area (Å²) in [6.07, 6.45) is 6.29. The minimum Gasteiger partial charge on any atom is -0.344 e. The van der Waals surface area contributed by atoms with Gasteiger partial charge in [-0.05, 0) is 19.4 Å². The zero-order valence-electron chi connectivity index (χ0n) is 15.3. The molecule has 0 radical (unpaired) electrons. The van der Waals surface area contributed by atoms with Gasteiger partial charge in [0, 0.05) is 28.7 Å². The fourth-order valence-electron chi connectivity index (χ4n) is 3.61. The molecule has 0 fully saturated rings. The number of rotatable bonds is 8. The molecule has 0 aliphatic carbocycles. The number of ketones is 1. The lowest BCUT2D eigenvalue weighted by Gasteiger charge is -2.09. The highest BCUT2D eigenvalue weighted by atomic mass is 16.1. The zero-order chi connectivity index (χ0) is 17.6. The molecule has 25 heavy (non-hydrogen) atoms. The molecule has 130 valence electrons. The molecule has 2 heteroatoms. The first-order valence-corrected chi connectivity index (χ1v) is 9.41. The molecule has 3 rings (SSSR count). The molecule has 0 N–H and O–H groups in total. The van der Waals surface area contributed by atoms with Crippen molar-refractivity contribution in [3.63, 3.8) is 0 Å². The van der Waals surface area contributed by atoms with Gasteiger partial charge in [-0.25, -0.2) is 0 Å². The molecule has 2 nitrogen and oxygen atoms in total. The number of unbranched alkanes of at least 4 members (excludes halogenated alkanes) is 4. The van der Waals surface area contributed by atoms with Crippen LogP contribution in [0.5, 0.6) is 0 Å². The third-order valence-electron chi connectivity index (χ3n) is 4.98. The highest BCUT2D eigenvalue weighted by Gasteiger charge is 2.20. The Hall–Kier alpha value is -2.35. The van der Waals surface area contributed by atoms with Crippen molar-refractivity contribution in [2.24, 2.45) is 0 Å². The molecular formula is C23H27NO. The van der Waals surface area contributed by atoms with E-state index >= 15 is 0 Å². The Morgan fingerprint density at radius 2 is 1.56 bits per heavy atom. The average molecular weight is 333 g/mol. The standard InChI is InChI=1S/C23H27NO/c1-3-4-5-6-12-17-24-18(2)22(20-15-10-11-16-21(20)24)23(25)19-13-8-7-9-14-19/h7-11,13-16H,3-6,12,17H2,1-2H3. The number of carbonyl (C=O) groups excluding carboxylic acids is 1. The molecule has 0 spiro atoms. The molecule has 0 atom stereocenters. The number of hydrogen-bond donors (Lipinski definition) is 0. The third-order valence-corrected chi connectivity index (χ3v) is 4.98. The molecule has 0 aliphatic heterocycles. The number of hydrogen-bond acceptors (Lipinski definition) is 1. The summed E-state index contributed by atoms with van der Waals surface area (Å²) in [4.78, 5) is 13.1. The number of carbonyl (C=O) groups is 1. The maximum atomic E-state index is 13.1. The van der Waals surface area contributed by atoms with Crippen molar-refractivity contribution >= 4 is 16.7 Å². The number of para-hydroxylation sites is 1. The van der Waals surface area contributed by atoms with Gasteiger partial charge in [-0.1, -0.05) is 81.1 Å². The van der Waals surface area contributed by atoms with Crippen molar-refractivity contribution in [2.75, 3.05) is 0 Å². The van der Waals surface area contributed by atoms with Gasteiger partial charge < -0.3 is 4.57 Å². The Morgan fingerprint density at radius 1 is 0.880 bits per heavy atom. The van der Waals surface area contributed by atoms with Gasteiger partial charge in [0.25, 0.3) is 0 Å². The zero-order valence-corrected chi connectivity index (χ0v) is 15.3. The number of aryl methyl sites for hydroxylation is 1. The smallest absolute Gasteiger partial charge is 0.195 e. The quantitative estimate of drug-likeness (QED) is 0.358. The van der Waals surface area contributed by atoms with Crippen molar-refractivity contribution in [2.45, 2.75) is 52.5 Å². The Bertz CT molecular complexity index is 845. The maximum absolute atomic E-state index is 13.1. The highest BCUT2D eigenvalue weighted by molar-refractivity contribution is 6.17. The van der Waals surface area contributed by atoms with Gasteiger partial charge in [-0.2, -0.15) is 0 Å². The first-order chi connectivity index (χ1) is 12.2. The van der Waals surface area contributed by atoms with E-state index in [2.05, 4.69) is 36.6 Å². The average Bonchev–Trinajstić information content (AvgIpc) is 2.93. The van der Waals surface area contributed by atoms with Crippen LogP contribution in [0.1, 0.15) is 60.6 Å². The van der Waals surface area contributed by atoms with E-state index in [-0.39, 0.29) is 5.78 Å². The summed E-state index contributed by atoms with van der Waals surface area (Å²) in [7, 11) is 0. The maximum Gasteiger partial charge on any atom is 0.195 e. The van der Waals surface area contributed by atoms with Gasteiger partial charge in [0.15, 0.2) is 5.78 Å². The third kappa shape index (κ3) is 3.68. The minimum absolute atomic E-state index is 0.124. The molecule has 0 bridgehead atoms. The van der Waals surface area contributed by atoms with Crippen LogP contribution in [0.3, 0.4) is 0 Å². The number of aromatic nitrogens is 1. The second-order valence-corrected chi connectivity index (χ2v) is 6.74. The predicted octanol–water partition coefficient (Wildman–Crippen LogP) is 6.15. The Kier molecular flexibility index (Phi) is 5.70. The van der Waals surface area contributed by atoms with Crippen LogP contribution in [-0.2, 0) is 6.54 Å². The lowest BCUT2D eigenvalue weighted by molar-refractivity contribution is 0.103. The summed E-state index contributed by atoms with van der Waals surface area (Å²) in [6.45, 7) is 5.31. The minimum atomic E-state index is 0.124. The van der Waals surface area contributed by atoms with E-state index in [0.29, 0.717) is 0 Å². The first-order valence-electron chi connectivity index (χ1n) is 9.41. The summed E-state index contributed by atoms with van der Waals surface area (Å²) in [6, 6.07) is 17.9. The Morgan fingerprint density at radius 3 is 2.32 bits per heavy atom. The summed E-state index contributed by atoms with van der Waals surface area (Å²) in [5.41, 5.74) is 3.88. The van der Waals surface area contributed by atoms with Gasteiger partial charge >= 0.3 is 0 Å². The topological polar surface area (TPSA) is 22.0 Å². The van der Waals surface area contributed by atoms with Gasteiger partial charge in [-0.15, -0.1) is 0 Å². The number of fused-ring (bicyclic) bond motifs is 1. The normalized spacial score (nSPS) is 11.1. The second-order valence-electron chi connectivity index (χ2n) is 6.74. The van der Waals surface area contributed by atoms with Crippen molar-refractivity contribution in [3.8, 4) is 0 Å². The number of nitrogens with zero attached hydrogens (tertiary/aromatic N) is 1. The van der Waals surface area contributed by atoms with E-state index < -0.39 is 0 Å². The lowest BCUT2D eigenvalue weighted by atomic mass is 10.0. The largest absolute Gasteiger partial charge is 0.344 e. The van der Waals surface area contributed by atoms with Gasteiger partial charge in [0.2, 0.25) is 0 Å². The van der Waals surface area contributed by atoms with Crippen molar-refractivity contribution in [1.29, 1.82) is 0 Å². The van der Waals surface area contributed by atoms with E-state index in [0.717, 1.165) is 28.8 Å². The molecule has 0 aliphatic rings. The van der Waals surface area contributed by atoms with E-state index in [1.165, 1.54) is 37.6 Å². The Labute approximate surface area is 150 Å². The van der Waals surface area contributed by atoms with Gasteiger partial charge in [0.1, 0.15) is 0 Å². The molecule has 0 saturated heterocycles. The molecule has 1 aromatic heterocycles. The molecule has 0 saturated carbocycles. The summed E-state index contributed by atoms with van der Waals surface area (Å²) < 4.78 is 2.33. The summed E-state index contributed by atoms with van der Waals surface area (Å²) >= 11 is 0. The van der Waals surface area contributed by atoms with Crippen LogP contribution in [0.15, 0.2) is 54.6 Å². The lowest BCUT2D eigenvalue weighted by Crippen LogP contribution is -2.05. The van der Waals surface area contributed by atoms with E-state index in [1.54, 1.807) is 0 Å². The van der Waals surface area contributed by atoms with Crippen molar-refractivity contribution in [1.82, 2.24) is 4.57 Å². The SMILES string of the molecule is CCCCCCCn1c(C)c(C(=O)c2ccccc2)c2ccccc21.